The molecular weight excluding hydrogens is 474 g/mol. The van der Waals surface area contributed by atoms with Gasteiger partial charge in [-0.15, -0.1) is 0 Å². The fourth-order valence-corrected chi connectivity index (χ4v) is 5.73. The molecule has 0 saturated carbocycles. The highest BCUT2D eigenvalue weighted by Gasteiger charge is 2.41. The van der Waals surface area contributed by atoms with Crippen LogP contribution in [0.1, 0.15) is 57.2 Å². The van der Waals surface area contributed by atoms with E-state index in [1.165, 1.54) is 18.2 Å². The van der Waals surface area contributed by atoms with Crippen molar-refractivity contribution in [1.29, 1.82) is 0 Å². The number of rotatable bonds is 5. The Kier molecular flexibility index (Phi) is 8.17. The molecule has 0 aliphatic carbocycles. The lowest BCUT2D eigenvalue weighted by molar-refractivity contribution is -0.141. The normalized spacial score (nSPS) is 20.6. The number of nitrogens with zero attached hydrogens (tertiary/aromatic N) is 3. The summed E-state index contributed by atoms with van der Waals surface area (Å²) < 4.78 is 28.8. The van der Waals surface area contributed by atoms with Gasteiger partial charge in [-0.1, -0.05) is 51.1 Å². The zero-order chi connectivity index (χ0) is 26.7. The second kappa shape index (κ2) is 11.2. The summed E-state index contributed by atoms with van der Waals surface area (Å²) in [7, 11) is 0. The summed E-state index contributed by atoms with van der Waals surface area (Å²) >= 11 is 0. The number of hydrogen-bond donors (Lipinski definition) is 1. The van der Waals surface area contributed by atoms with Gasteiger partial charge >= 0.3 is 6.03 Å². The molecule has 2 aromatic carbocycles. The zero-order valence-corrected chi connectivity index (χ0v) is 22.0. The summed E-state index contributed by atoms with van der Waals surface area (Å²) in [5.74, 6) is -0.279. The predicted molar refractivity (Wildman–Crippen MR) is 140 cm³/mol. The Bertz CT molecular complexity index is 1090. The SMILES string of the molecule is CC(C)(C)C1CN(C(c2ccc(F)cc2)c2ccccc2F)CCN1C(=O)CC1CCN(C(N)=O)CC1. The number of halogens is 2. The van der Waals surface area contributed by atoms with Crippen LogP contribution in [0.15, 0.2) is 48.5 Å². The van der Waals surface area contributed by atoms with Crippen molar-refractivity contribution in [3.8, 4) is 0 Å². The second-order valence-electron chi connectivity index (χ2n) is 11.4. The molecule has 8 heteroatoms. The number of amides is 3. The summed E-state index contributed by atoms with van der Waals surface area (Å²) in [4.78, 5) is 30.8. The van der Waals surface area contributed by atoms with Crippen LogP contribution in [0.25, 0.3) is 0 Å². The summed E-state index contributed by atoms with van der Waals surface area (Å²) in [5.41, 5.74) is 6.56. The van der Waals surface area contributed by atoms with Crippen LogP contribution >= 0.6 is 0 Å². The minimum absolute atomic E-state index is 0.0748. The van der Waals surface area contributed by atoms with Gasteiger partial charge in [0.15, 0.2) is 0 Å². The van der Waals surface area contributed by atoms with Crippen molar-refractivity contribution in [2.24, 2.45) is 17.1 Å². The number of primary amides is 1. The minimum atomic E-state index is -0.403. The first-order chi connectivity index (χ1) is 17.5. The quantitative estimate of drug-likeness (QED) is 0.626. The van der Waals surface area contributed by atoms with Crippen molar-refractivity contribution in [2.45, 2.75) is 52.1 Å². The van der Waals surface area contributed by atoms with Gasteiger partial charge < -0.3 is 15.5 Å². The number of urea groups is 1. The number of piperazine rings is 1. The standard InChI is InChI=1S/C29H38F2N4O2/c1-29(2,3)25-19-34(16-17-35(25)26(36)18-20-12-14-33(15-13-20)28(32)37)27(21-8-10-22(30)11-9-21)23-6-4-5-7-24(23)31/h4-11,20,25,27H,12-19H2,1-3H3,(H2,32,37). The van der Waals surface area contributed by atoms with E-state index in [2.05, 4.69) is 25.7 Å². The molecule has 4 rings (SSSR count). The van der Waals surface area contributed by atoms with E-state index in [-0.39, 0.29) is 41.0 Å². The van der Waals surface area contributed by atoms with E-state index in [9.17, 15) is 14.0 Å². The highest BCUT2D eigenvalue weighted by Crippen LogP contribution is 2.36. The first-order valence-corrected chi connectivity index (χ1v) is 13.1. The Balaban J connectivity index is 1.55. The van der Waals surface area contributed by atoms with Gasteiger partial charge in [0.05, 0.1) is 6.04 Å². The maximum absolute atomic E-state index is 15.0. The maximum atomic E-state index is 15.0. The molecular formula is C29H38F2N4O2. The fraction of sp³-hybridized carbons (Fsp3) is 0.517. The molecule has 0 spiro atoms. The third-order valence-corrected chi connectivity index (χ3v) is 7.87. The second-order valence-corrected chi connectivity index (χ2v) is 11.4. The Hall–Kier alpha value is -3.00. The van der Waals surface area contributed by atoms with Crippen LogP contribution < -0.4 is 5.73 Å². The van der Waals surface area contributed by atoms with E-state index in [1.807, 2.05) is 11.0 Å². The maximum Gasteiger partial charge on any atom is 0.314 e. The molecule has 2 N–H and O–H groups in total. The van der Waals surface area contributed by atoms with Crippen molar-refractivity contribution < 1.29 is 18.4 Å². The van der Waals surface area contributed by atoms with Gasteiger partial charge in [0.25, 0.3) is 0 Å². The van der Waals surface area contributed by atoms with E-state index in [1.54, 1.807) is 29.2 Å². The van der Waals surface area contributed by atoms with E-state index in [0.717, 1.165) is 18.4 Å². The Labute approximate surface area is 218 Å². The molecule has 0 radical (unpaired) electrons. The molecule has 6 nitrogen and oxygen atoms in total. The topological polar surface area (TPSA) is 69.9 Å². The van der Waals surface area contributed by atoms with E-state index in [4.69, 9.17) is 5.73 Å². The molecule has 200 valence electrons. The number of likely N-dealkylation sites (tertiary alicyclic amines) is 1. The average Bonchev–Trinajstić information content (AvgIpc) is 2.86. The monoisotopic (exact) mass is 512 g/mol. The van der Waals surface area contributed by atoms with E-state index in [0.29, 0.717) is 44.7 Å². The Morgan fingerprint density at radius 1 is 0.973 bits per heavy atom. The first kappa shape index (κ1) is 27.0. The molecule has 2 unspecified atom stereocenters. The summed E-state index contributed by atoms with van der Waals surface area (Å²) in [6.45, 7) is 9.25. The van der Waals surface area contributed by atoms with Gasteiger partial charge in [-0.3, -0.25) is 9.69 Å². The minimum Gasteiger partial charge on any atom is -0.351 e. The molecule has 2 fully saturated rings. The van der Waals surface area contributed by atoms with E-state index < -0.39 is 6.03 Å². The van der Waals surface area contributed by atoms with Gasteiger partial charge in [0, 0.05) is 50.7 Å². The van der Waals surface area contributed by atoms with Gasteiger partial charge in [0.2, 0.25) is 5.91 Å². The molecule has 37 heavy (non-hydrogen) atoms. The van der Waals surface area contributed by atoms with Crippen LogP contribution in [0.3, 0.4) is 0 Å². The largest absolute Gasteiger partial charge is 0.351 e. The number of nitrogens with two attached hydrogens (primary N) is 1. The lowest BCUT2D eigenvalue weighted by Crippen LogP contribution is -2.60. The first-order valence-electron chi connectivity index (χ1n) is 13.1. The number of carbonyl (C=O) groups excluding carboxylic acids is 2. The van der Waals surface area contributed by atoms with Crippen molar-refractivity contribution in [3.63, 3.8) is 0 Å². The number of carbonyl (C=O) groups is 2. The van der Waals surface area contributed by atoms with E-state index >= 15 is 4.39 Å². The van der Waals surface area contributed by atoms with Gasteiger partial charge in [-0.25, -0.2) is 13.6 Å². The molecule has 2 heterocycles. The van der Waals surface area contributed by atoms with Gasteiger partial charge in [0.1, 0.15) is 11.6 Å². The van der Waals surface area contributed by atoms with Gasteiger partial charge in [-0.05, 0) is 47.9 Å². The molecule has 2 aromatic rings. The third-order valence-electron chi connectivity index (χ3n) is 7.87. The third kappa shape index (κ3) is 6.29. The summed E-state index contributed by atoms with van der Waals surface area (Å²) in [5, 5.41) is 0. The van der Waals surface area contributed by atoms with Crippen molar-refractivity contribution in [3.05, 3.63) is 71.3 Å². The van der Waals surface area contributed by atoms with Crippen LogP contribution in [0.2, 0.25) is 0 Å². The molecule has 3 amide bonds. The lowest BCUT2D eigenvalue weighted by atomic mass is 9.82. The molecule has 2 atom stereocenters. The highest BCUT2D eigenvalue weighted by molar-refractivity contribution is 5.77. The zero-order valence-electron chi connectivity index (χ0n) is 22.0. The van der Waals surface area contributed by atoms with Crippen molar-refractivity contribution >= 4 is 11.9 Å². The van der Waals surface area contributed by atoms with Crippen molar-refractivity contribution in [2.75, 3.05) is 32.7 Å². The number of piperidine rings is 1. The molecule has 2 aliphatic rings. The van der Waals surface area contributed by atoms with Crippen LogP contribution in [0, 0.1) is 23.0 Å². The molecule has 0 bridgehead atoms. The van der Waals surface area contributed by atoms with Crippen LogP contribution in [-0.2, 0) is 4.79 Å². The number of hydrogen-bond acceptors (Lipinski definition) is 3. The average molecular weight is 513 g/mol. The summed E-state index contributed by atoms with van der Waals surface area (Å²) in [6.07, 6.45) is 2.00. The lowest BCUT2D eigenvalue weighted by Gasteiger charge is -2.50. The predicted octanol–water partition coefficient (Wildman–Crippen LogP) is 4.79. The number of benzene rings is 2. The highest BCUT2D eigenvalue weighted by atomic mass is 19.1. The summed E-state index contributed by atoms with van der Waals surface area (Å²) in [6, 6.07) is 12.1. The Morgan fingerprint density at radius 2 is 1.62 bits per heavy atom. The van der Waals surface area contributed by atoms with Crippen LogP contribution in [-0.4, -0.2) is 65.4 Å². The molecule has 2 aliphatic heterocycles. The Morgan fingerprint density at radius 3 is 2.22 bits per heavy atom. The molecule has 0 aromatic heterocycles. The van der Waals surface area contributed by atoms with Crippen molar-refractivity contribution in [1.82, 2.24) is 14.7 Å². The van der Waals surface area contributed by atoms with Crippen LogP contribution in [0.4, 0.5) is 13.6 Å². The fourth-order valence-electron chi connectivity index (χ4n) is 5.73. The van der Waals surface area contributed by atoms with Gasteiger partial charge in [-0.2, -0.15) is 0 Å². The van der Waals surface area contributed by atoms with Crippen LogP contribution in [0.5, 0.6) is 0 Å². The molecule has 2 saturated heterocycles. The smallest absolute Gasteiger partial charge is 0.314 e.